The summed E-state index contributed by atoms with van der Waals surface area (Å²) in [5.74, 6) is 0.504. The summed E-state index contributed by atoms with van der Waals surface area (Å²) in [4.78, 5) is 0.274. The Morgan fingerprint density at radius 2 is 1.69 bits per heavy atom. The third-order valence-corrected chi connectivity index (χ3v) is 9.48. The number of hydrogen-bond donors (Lipinski definition) is 0. The van der Waals surface area contributed by atoms with Crippen LogP contribution < -0.4 is 4.74 Å². The highest BCUT2D eigenvalue weighted by molar-refractivity contribution is 7.89. The first-order valence-corrected chi connectivity index (χ1v) is 13.8. The summed E-state index contributed by atoms with van der Waals surface area (Å²) in [6.07, 6.45) is 1.43. The number of ether oxygens (including phenoxy) is 1. The lowest BCUT2D eigenvalue weighted by Crippen LogP contribution is -2.38. The van der Waals surface area contributed by atoms with Crippen LogP contribution in [0.4, 0.5) is 4.39 Å². The molecule has 2 heterocycles. The van der Waals surface area contributed by atoms with Gasteiger partial charge in [-0.1, -0.05) is 35.9 Å². The van der Waals surface area contributed by atoms with Gasteiger partial charge < -0.3 is 9.30 Å². The molecule has 1 aromatic heterocycles. The van der Waals surface area contributed by atoms with Gasteiger partial charge in [-0.3, -0.25) is 0 Å². The van der Waals surface area contributed by atoms with E-state index < -0.39 is 10.0 Å². The molecule has 188 valence electrons. The number of hydrogen-bond acceptors (Lipinski definition) is 3. The van der Waals surface area contributed by atoms with Gasteiger partial charge in [0.1, 0.15) is 11.6 Å². The molecule has 5 rings (SSSR count). The third kappa shape index (κ3) is 4.40. The van der Waals surface area contributed by atoms with Crippen LogP contribution in [0.1, 0.15) is 35.6 Å². The molecule has 36 heavy (non-hydrogen) atoms. The minimum Gasteiger partial charge on any atom is -0.497 e. The van der Waals surface area contributed by atoms with Crippen LogP contribution in [0.5, 0.6) is 5.75 Å². The van der Waals surface area contributed by atoms with E-state index in [4.69, 9.17) is 16.3 Å². The zero-order valence-electron chi connectivity index (χ0n) is 20.2. The molecule has 0 bridgehead atoms. The van der Waals surface area contributed by atoms with Gasteiger partial charge in [-0.05, 0) is 73.7 Å². The van der Waals surface area contributed by atoms with E-state index in [1.807, 2.05) is 18.2 Å². The number of benzene rings is 3. The Morgan fingerprint density at radius 3 is 2.36 bits per heavy atom. The number of piperidine rings is 1. The average Bonchev–Trinajstić information content (AvgIpc) is 3.17. The van der Waals surface area contributed by atoms with Gasteiger partial charge in [0.15, 0.2) is 0 Å². The highest BCUT2D eigenvalue weighted by Gasteiger charge is 2.32. The van der Waals surface area contributed by atoms with E-state index in [0.717, 1.165) is 16.6 Å². The van der Waals surface area contributed by atoms with Crippen LogP contribution in [0, 0.1) is 12.7 Å². The van der Waals surface area contributed by atoms with Gasteiger partial charge in [0.25, 0.3) is 0 Å². The van der Waals surface area contributed by atoms with Crippen molar-refractivity contribution in [1.29, 1.82) is 0 Å². The van der Waals surface area contributed by atoms with Crippen molar-refractivity contribution >= 4 is 32.5 Å². The molecule has 1 aliphatic heterocycles. The zero-order chi connectivity index (χ0) is 25.4. The summed E-state index contributed by atoms with van der Waals surface area (Å²) < 4.78 is 49.9. The standard InChI is InChI=1S/C28H28ClFN2O3S/c1-19-28(20-14-16-31(17-15-20)36(33,34)22-12-10-21(35-2)11-13-22)23-6-3-4-9-27(23)32(19)18-24-25(29)7-5-8-26(24)30/h3-13,20H,14-18H2,1-2H3. The van der Waals surface area contributed by atoms with E-state index in [2.05, 4.69) is 17.6 Å². The molecule has 1 aliphatic rings. The van der Waals surface area contributed by atoms with Crippen molar-refractivity contribution in [2.45, 2.75) is 37.1 Å². The molecule has 0 amide bonds. The maximum atomic E-state index is 14.6. The fourth-order valence-corrected chi connectivity index (χ4v) is 6.99. The maximum absolute atomic E-state index is 14.6. The summed E-state index contributed by atoms with van der Waals surface area (Å²) >= 11 is 6.34. The van der Waals surface area contributed by atoms with Crippen molar-refractivity contribution in [3.05, 3.63) is 94.4 Å². The van der Waals surface area contributed by atoms with Crippen LogP contribution in [0.3, 0.4) is 0 Å². The van der Waals surface area contributed by atoms with Crippen molar-refractivity contribution in [3.8, 4) is 5.75 Å². The highest BCUT2D eigenvalue weighted by Crippen LogP contribution is 2.39. The summed E-state index contributed by atoms with van der Waals surface area (Å²) in [5, 5.41) is 1.53. The number of aromatic nitrogens is 1. The Kier molecular flexibility index (Phi) is 6.81. The lowest BCUT2D eigenvalue weighted by Gasteiger charge is -2.31. The molecular formula is C28H28ClFN2O3S. The Balaban J connectivity index is 1.43. The molecule has 0 spiro atoms. The van der Waals surface area contributed by atoms with Gasteiger partial charge in [0.2, 0.25) is 10.0 Å². The molecular weight excluding hydrogens is 499 g/mol. The first-order valence-electron chi connectivity index (χ1n) is 12.0. The normalized spacial score (nSPS) is 15.4. The van der Waals surface area contributed by atoms with E-state index in [0.29, 0.717) is 48.8 Å². The zero-order valence-corrected chi connectivity index (χ0v) is 21.8. The minimum absolute atomic E-state index is 0.203. The Morgan fingerprint density at radius 1 is 1.00 bits per heavy atom. The first kappa shape index (κ1) is 24.8. The van der Waals surface area contributed by atoms with Crippen LogP contribution in [0.15, 0.2) is 71.6 Å². The number of halogens is 2. The van der Waals surface area contributed by atoms with Crippen LogP contribution in [-0.4, -0.2) is 37.5 Å². The summed E-state index contributed by atoms with van der Waals surface area (Å²) in [6.45, 7) is 3.28. The largest absolute Gasteiger partial charge is 0.497 e. The SMILES string of the molecule is COc1ccc(S(=O)(=O)N2CCC(c3c(C)n(Cc4c(F)cccc4Cl)c4ccccc34)CC2)cc1. The predicted octanol–water partition coefficient (Wildman–Crippen LogP) is 6.37. The van der Waals surface area contributed by atoms with Gasteiger partial charge in [0.05, 0.1) is 18.6 Å². The van der Waals surface area contributed by atoms with Crippen molar-refractivity contribution < 1.29 is 17.5 Å². The van der Waals surface area contributed by atoms with Crippen molar-refractivity contribution in [1.82, 2.24) is 8.87 Å². The maximum Gasteiger partial charge on any atom is 0.243 e. The second-order valence-electron chi connectivity index (χ2n) is 9.16. The molecule has 0 saturated carbocycles. The lowest BCUT2D eigenvalue weighted by molar-refractivity contribution is 0.319. The topological polar surface area (TPSA) is 51.5 Å². The number of rotatable bonds is 6. The van der Waals surface area contributed by atoms with E-state index in [1.165, 1.54) is 11.6 Å². The van der Waals surface area contributed by atoms with Crippen molar-refractivity contribution in [3.63, 3.8) is 0 Å². The van der Waals surface area contributed by atoms with Gasteiger partial charge in [-0.2, -0.15) is 4.31 Å². The molecule has 5 nitrogen and oxygen atoms in total. The molecule has 4 aromatic rings. The van der Waals surface area contributed by atoms with E-state index in [9.17, 15) is 12.8 Å². The number of fused-ring (bicyclic) bond motifs is 1. The monoisotopic (exact) mass is 526 g/mol. The van der Waals surface area contributed by atoms with Crippen LogP contribution in [-0.2, 0) is 16.6 Å². The second kappa shape index (κ2) is 9.88. The highest BCUT2D eigenvalue weighted by atomic mass is 35.5. The Labute approximate surface area is 216 Å². The summed E-state index contributed by atoms with van der Waals surface area (Å²) in [7, 11) is -2.02. The summed E-state index contributed by atoms with van der Waals surface area (Å²) in [5.41, 5.74) is 3.76. The van der Waals surface area contributed by atoms with Crippen molar-refractivity contribution in [2.24, 2.45) is 0 Å². The van der Waals surface area contributed by atoms with Gasteiger partial charge in [-0.15, -0.1) is 0 Å². The van der Waals surface area contributed by atoms with E-state index in [-0.39, 0.29) is 16.6 Å². The van der Waals surface area contributed by atoms with E-state index in [1.54, 1.807) is 47.8 Å². The number of para-hydroxylation sites is 1. The molecule has 0 aliphatic carbocycles. The molecule has 1 fully saturated rings. The fourth-order valence-electron chi connectivity index (χ4n) is 5.30. The Bertz CT molecular complexity index is 1490. The second-order valence-corrected chi connectivity index (χ2v) is 11.5. The molecule has 0 unspecified atom stereocenters. The predicted molar refractivity (Wildman–Crippen MR) is 141 cm³/mol. The quantitative estimate of drug-likeness (QED) is 0.293. The average molecular weight is 527 g/mol. The lowest BCUT2D eigenvalue weighted by atomic mass is 9.88. The van der Waals surface area contributed by atoms with Crippen LogP contribution in [0.25, 0.3) is 10.9 Å². The van der Waals surface area contributed by atoms with Gasteiger partial charge in [0, 0.05) is 40.3 Å². The molecule has 1 saturated heterocycles. The third-order valence-electron chi connectivity index (χ3n) is 7.22. The Hall–Kier alpha value is -2.87. The van der Waals surface area contributed by atoms with Gasteiger partial charge in [-0.25, -0.2) is 12.8 Å². The van der Waals surface area contributed by atoms with Crippen LogP contribution >= 0.6 is 11.6 Å². The number of methoxy groups -OCH3 is 1. The van der Waals surface area contributed by atoms with E-state index >= 15 is 0 Å². The number of nitrogens with zero attached hydrogens (tertiary/aromatic N) is 2. The fraction of sp³-hybridized carbons (Fsp3) is 0.286. The molecule has 0 radical (unpaired) electrons. The molecule has 0 atom stereocenters. The molecule has 8 heteroatoms. The summed E-state index contributed by atoms with van der Waals surface area (Å²) in [6, 6.07) is 19.4. The minimum atomic E-state index is -3.57. The van der Waals surface area contributed by atoms with Crippen molar-refractivity contribution in [2.75, 3.05) is 20.2 Å². The van der Waals surface area contributed by atoms with Gasteiger partial charge >= 0.3 is 0 Å². The number of sulfonamides is 1. The molecule has 0 N–H and O–H groups in total. The van der Waals surface area contributed by atoms with Crippen LogP contribution in [0.2, 0.25) is 5.02 Å². The molecule has 3 aromatic carbocycles. The first-order chi connectivity index (χ1) is 17.3. The smallest absolute Gasteiger partial charge is 0.243 e.